The van der Waals surface area contributed by atoms with Crippen LogP contribution >= 0.6 is 0 Å². The molecule has 86 valence electrons. The molecule has 1 aliphatic carbocycles. The van der Waals surface area contributed by atoms with Crippen molar-refractivity contribution in [1.82, 2.24) is 5.32 Å². The van der Waals surface area contributed by atoms with Crippen LogP contribution in [0.15, 0.2) is 24.3 Å². The fourth-order valence-corrected chi connectivity index (χ4v) is 2.32. The lowest BCUT2D eigenvalue weighted by Crippen LogP contribution is -2.28. The molecule has 0 saturated heterocycles. The zero-order valence-electron chi connectivity index (χ0n) is 9.83. The van der Waals surface area contributed by atoms with Gasteiger partial charge < -0.3 is 5.32 Å². The lowest BCUT2D eigenvalue weighted by atomic mass is 10.1. The minimum atomic E-state index is 0.237. The molecule has 2 rings (SSSR count). The van der Waals surface area contributed by atoms with Gasteiger partial charge in [0.1, 0.15) is 0 Å². The normalized spacial score (nSPS) is 16.3. The number of hydrogen-bond acceptors (Lipinski definition) is 1. The molecule has 2 heteroatoms. The van der Waals surface area contributed by atoms with E-state index in [0.717, 1.165) is 12.8 Å². The van der Waals surface area contributed by atoms with E-state index in [9.17, 15) is 4.79 Å². The SMILES string of the molecule is Cc1ccccc1CNC(=O)C1CCCC1. The highest BCUT2D eigenvalue weighted by atomic mass is 16.1. The lowest BCUT2D eigenvalue weighted by molar-refractivity contribution is -0.124. The number of carbonyl (C=O) groups is 1. The number of aryl methyl sites for hydroxylation is 1. The summed E-state index contributed by atoms with van der Waals surface area (Å²) in [5.74, 6) is 0.504. The molecule has 2 nitrogen and oxygen atoms in total. The van der Waals surface area contributed by atoms with E-state index in [1.807, 2.05) is 12.1 Å². The molecule has 0 radical (unpaired) electrons. The molecular formula is C14H19NO. The van der Waals surface area contributed by atoms with Crippen LogP contribution in [0, 0.1) is 12.8 Å². The standard InChI is InChI=1S/C14H19NO/c1-11-6-2-3-9-13(11)10-15-14(16)12-7-4-5-8-12/h2-3,6,9,12H,4-5,7-8,10H2,1H3,(H,15,16). The second-order valence-corrected chi connectivity index (χ2v) is 4.63. The number of hydrogen-bond donors (Lipinski definition) is 1. The van der Waals surface area contributed by atoms with Gasteiger partial charge in [-0.15, -0.1) is 0 Å². The van der Waals surface area contributed by atoms with E-state index < -0.39 is 0 Å². The molecule has 1 aromatic carbocycles. The molecule has 1 saturated carbocycles. The molecule has 0 aromatic heterocycles. The van der Waals surface area contributed by atoms with Gasteiger partial charge in [0.25, 0.3) is 0 Å². The van der Waals surface area contributed by atoms with Gasteiger partial charge in [0, 0.05) is 12.5 Å². The molecule has 16 heavy (non-hydrogen) atoms. The monoisotopic (exact) mass is 217 g/mol. The molecule has 0 unspecified atom stereocenters. The van der Waals surface area contributed by atoms with Crippen molar-refractivity contribution >= 4 is 5.91 Å². The second-order valence-electron chi connectivity index (χ2n) is 4.63. The van der Waals surface area contributed by atoms with E-state index in [2.05, 4.69) is 24.4 Å². The van der Waals surface area contributed by atoms with Crippen molar-refractivity contribution in [2.45, 2.75) is 39.2 Å². The van der Waals surface area contributed by atoms with Crippen LogP contribution in [0.4, 0.5) is 0 Å². The molecular weight excluding hydrogens is 198 g/mol. The molecule has 0 aliphatic heterocycles. The van der Waals surface area contributed by atoms with Gasteiger partial charge in [0.15, 0.2) is 0 Å². The van der Waals surface area contributed by atoms with E-state index >= 15 is 0 Å². The van der Waals surface area contributed by atoms with Crippen molar-refractivity contribution in [2.24, 2.45) is 5.92 Å². The summed E-state index contributed by atoms with van der Waals surface area (Å²) in [5, 5.41) is 3.04. The molecule has 1 N–H and O–H groups in total. The van der Waals surface area contributed by atoms with Crippen LogP contribution in [-0.2, 0) is 11.3 Å². The summed E-state index contributed by atoms with van der Waals surface area (Å²) < 4.78 is 0. The second kappa shape index (κ2) is 5.15. The van der Waals surface area contributed by atoms with Crippen molar-refractivity contribution in [2.75, 3.05) is 0 Å². The van der Waals surface area contributed by atoms with Crippen LogP contribution in [0.1, 0.15) is 36.8 Å². The fourth-order valence-electron chi connectivity index (χ4n) is 2.32. The van der Waals surface area contributed by atoms with Gasteiger partial charge in [0.05, 0.1) is 0 Å². The highest BCUT2D eigenvalue weighted by Crippen LogP contribution is 2.24. The van der Waals surface area contributed by atoms with Crippen molar-refractivity contribution in [3.8, 4) is 0 Å². The maximum Gasteiger partial charge on any atom is 0.223 e. The van der Waals surface area contributed by atoms with E-state index in [4.69, 9.17) is 0 Å². The van der Waals surface area contributed by atoms with Crippen molar-refractivity contribution in [3.63, 3.8) is 0 Å². The van der Waals surface area contributed by atoms with Crippen molar-refractivity contribution in [3.05, 3.63) is 35.4 Å². The fraction of sp³-hybridized carbons (Fsp3) is 0.500. The first-order chi connectivity index (χ1) is 7.77. The molecule has 1 amide bonds. The minimum absolute atomic E-state index is 0.237. The molecule has 0 bridgehead atoms. The van der Waals surface area contributed by atoms with E-state index in [1.54, 1.807) is 0 Å². The van der Waals surface area contributed by atoms with Crippen LogP contribution in [0.5, 0.6) is 0 Å². The van der Waals surface area contributed by atoms with Gasteiger partial charge in [-0.05, 0) is 30.9 Å². The van der Waals surface area contributed by atoms with Crippen LogP contribution in [0.25, 0.3) is 0 Å². The Morgan fingerprint density at radius 2 is 2.00 bits per heavy atom. The number of amides is 1. The summed E-state index contributed by atoms with van der Waals surface area (Å²) in [5.41, 5.74) is 2.46. The average molecular weight is 217 g/mol. The topological polar surface area (TPSA) is 29.1 Å². The van der Waals surface area contributed by atoms with Crippen LogP contribution in [0.2, 0.25) is 0 Å². The Balaban J connectivity index is 1.87. The number of rotatable bonds is 3. The lowest BCUT2D eigenvalue weighted by Gasteiger charge is -2.11. The zero-order chi connectivity index (χ0) is 11.4. The predicted molar refractivity (Wildman–Crippen MR) is 65.0 cm³/mol. The number of carbonyl (C=O) groups excluding carboxylic acids is 1. The summed E-state index contributed by atoms with van der Waals surface area (Å²) in [6, 6.07) is 8.20. The quantitative estimate of drug-likeness (QED) is 0.828. The Hall–Kier alpha value is -1.31. The molecule has 1 fully saturated rings. The van der Waals surface area contributed by atoms with E-state index in [-0.39, 0.29) is 11.8 Å². The van der Waals surface area contributed by atoms with Crippen LogP contribution < -0.4 is 5.32 Å². The highest BCUT2D eigenvalue weighted by molar-refractivity contribution is 5.78. The Morgan fingerprint density at radius 1 is 1.31 bits per heavy atom. The maximum absolute atomic E-state index is 11.8. The van der Waals surface area contributed by atoms with Gasteiger partial charge in [-0.2, -0.15) is 0 Å². The Morgan fingerprint density at radius 3 is 2.69 bits per heavy atom. The summed E-state index contributed by atoms with van der Waals surface area (Å²) in [4.78, 5) is 11.8. The predicted octanol–water partition coefficient (Wildman–Crippen LogP) is 2.80. The average Bonchev–Trinajstić information content (AvgIpc) is 2.81. The van der Waals surface area contributed by atoms with Crippen LogP contribution in [-0.4, -0.2) is 5.91 Å². The summed E-state index contributed by atoms with van der Waals surface area (Å²) >= 11 is 0. The third kappa shape index (κ3) is 2.63. The largest absolute Gasteiger partial charge is 0.352 e. The van der Waals surface area contributed by atoms with Crippen molar-refractivity contribution in [1.29, 1.82) is 0 Å². The van der Waals surface area contributed by atoms with Gasteiger partial charge >= 0.3 is 0 Å². The first kappa shape index (κ1) is 11.2. The van der Waals surface area contributed by atoms with Crippen molar-refractivity contribution < 1.29 is 4.79 Å². The molecule has 1 aromatic rings. The first-order valence-corrected chi connectivity index (χ1v) is 6.09. The van der Waals surface area contributed by atoms with E-state index in [0.29, 0.717) is 6.54 Å². The third-order valence-corrected chi connectivity index (χ3v) is 3.44. The smallest absolute Gasteiger partial charge is 0.223 e. The van der Waals surface area contributed by atoms with Gasteiger partial charge in [-0.3, -0.25) is 4.79 Å². The first-order valence-electron chi connectivity index (χ1n) is 6.09. The minimum Gasteiger partial charge on any atom is -0.352 e. The van der Waals surface area contributed by atoms with Crippen LogP contribution in [0.3, 0.4) is 0 Å². The summed E-state index contributed by atoms with van der Waals surface area (Å²) in [6.45, 7) is 2.75. The van der Waals surface area contributed by atoms with Gasteiger partial charge in [-0.25, -0.2) is 0 Å². The highest BCUT2D eigenvalue weighted by Gasteiger charge is 2.22. The molecule has 1 aliphatic rings. The summed E-state index contributed by atoms with van der Waals surface area (Å²) in [7, 11) is 0. The number of nitrogens with one attached hydrogen (secondary N) is 1. The summed E-state index contributed by atoms with van der Waals surface area (Å²) in [6.07, 6.45) is 4.56. The number of benzene rings is 1. The van der Waals surface area contributed by atoms with Gasteiger partial charge in [-0.1, -0.05) is 37.1 Å². The molecule has 0 spiro atoms. The molecule has 0 heterocycles. The van der Waals surface area contributed by atoms with E-state index in [1.165, 1.54) is 24.0 Å². The third-order valence-electron chi connectivity index (χ3n) is 3.44. The maximum atomic E-state index is 11.8. The Labute approximate surface area is 97.1 Å². The Bertz CT molecular complexity index is 367. The van der Waals surface area contributed by atoms with Gasteiger partial charge in [0.2, 0.25) is 5.91 Å². The Kier molecular flexibility index (Phi) is 3.60. The zero-order valence-corrected chi connectivity index (χ0v) is 9.83. The molecule has 0 atom stereocenters.